The van der Waals surface area contributed by atoms with E-state index in [9.17, 15) is 9.59 Å². The van der Waals surface area contributed by atoms with Crippen molar-refractivity contribution in [2.45, 2.75) is 19.6 Å². The van der Waals surface area contributed by atoms with Gasteiger partial charge in [-0.2, -0.15) is 0 Å². The number of amides is 2. The standard InChI is InChI=1S/C18H17NO4/c1-12-7-3-6-10-15(12)22-11-13-8-4-5-9-14(13)16-17(20)19(2)18(21)23-16/h3-10,16H,11H2,1-2H3. The molecule has 2 amide bonds. The third-order valence-corrected chi connectivity index (χ3v) is 3.86. The molecule has 2 aromatic rings. The Hall–Kier alpha value is -2.82. The highest BCUT2D eigenvalue weighted by atomic mass is 16.6. The van der Waals surface area contributed by atoms with Crippen molar-refractivity contribution in [3.8, 4) is 5.75 Å². The smallest absolute Gasteiger partial charge is 0.417 e. The van der Waals surface area contributed by atoms with Crippen LogP contribution in [0, 0.1) is 6.92 Å². The molecular weight excluding hydrogens is 294 g/mol. The van der Waals surface area contributed by atoms with Crippen molar-refractivity contribution < 1.29 is 19.1 Å². The topological polar surface area (TPSA) is 55.8 Å². The molecule has 3 rings (SSSR count). The Kier molecular flexibility index (Phi) is 4.02. The van der Waals surface area contributed by atoms with Crippen LogP contribution in [0.1, 0.15) is 22.8 Å². The van der Waals surface area contributed by atoms with Gasteiger partial charge in [0, 0.05) is 12.6 Å². The number of carbonyl (C=O) groups is 2. The van der Waals surface area contributed by atoms with Crippen molar-refractivity contribution in [2.24, 2.45) is 0 Å². The van der Waals surface area contributed by atoms with E-state index < -0.39 is 12.2 Å². The first-order chi connectivity index (χ1) is 11.1. The average Bonchev–Trinajstić information content (AvgIpc) is 2.82. The predicted octanol–water partition coefficient (Wildman–Crippen LogP) is 3.22. The van der Waals surface area contributed by atoms with Gasteiger partial charge in [0.05, 0.1) is 0 Å². The Balaban J connectivity index is 1.83. The average molecular weight is 311 g/mol. The van der Waals surface area contributed by atoms with Crippen LogP contribution in [0.3, 0.4) is 0 Å². The molecule has 0 aliphatic carbocycles. The van der Waals surface area contributed by atoms with Crippen molar-refractivity contribution in [2.75, 3.05) is 7.05 Å². The maximum Gasteiger partial charge on any atom is 0.417 e. The van der Waals surface area contributed by atoms with Crippen molar-refractivity contribution >= 4 is 12.0 Å². The maximum atomic E-state index is 12.1. The lowest BCUT2D eigenvalue weighted by atomic mass is 10.0. The summed E-state index contributed by atoms with van der Waals surface area (Å²) >= 11 is 0. The first kappa shape index (κ1) is 15.1. The van der Waals surface area contributed by atoms with Gasteiger partial charge in [0.2, 0.25) is 6.10 Å². The number of hydrogen-bond donors (Lipinski definition) is 0. The van der Waals surface area contributed by atoms with Crippen LogP contribution in [0.2, 0.25) is 0 Å². The third-order valence-electron chi connectivity index (χ3n) is 3.86. The summed E-state index contributed by atoms with van der Waals surface area (Å²) in [5.41, 5.74) is 2.51. The summed E-state index contributed by atoms with van der Waals surface area (Å²) in [4.78, 5) is 24.7. The van der Waals surface area contributed by atoms with E-state index in [0.29, 0.717) is 12.2 Å². The first-order valence-corrected chi connectivity index (χ1v) is 7.32. The third kappa shape index (κ3) is 2.90. The Morgan fingerprint density at radius 1 is 1.09 bits per heavy atom. The van der Waals surface area contributed by atoms with E-state index in [1.807, 2.05) is 49.4 Å². The van der Waals surface area contributed by atoms with Crippen molar-refractivity contribution in [1.82, 2.24) is 4.90 Å². The fraction of sp³-hybridized carbons (Fsp3) is 0.222. The number of para-hydroxylation sites is 1. The zero-order valence-corrected chi connectivity index (χ0v) is 13.0. The lowest BCUT2D eigenvalue weighted by molar-refractivity contribution is -0.129. The zero-order chi connectivity index (χ0) is 16.4. The van der Waals surface area contributed by atoms with Gasteiger partial charge < -0.3 is 9.47 Å². The van der Waals surface area contributed by atoms with Gasteiger partial charge in [-0.25, -0.2) is 9.69 Å². The summed E-state index contributed by atoms with van der Waals surface area (Å²) in [6.45, 7) is 2.27. The molecule has 23 heavy (non-hydrogen) atoms. The minimum atomic E-state index is -0.899. The molecule has 0 bridgehead atoms. The largest absolute Gasteiger partial charge is 0.489 e. The van der Waals surface area contributed by atoms with Gasteiger partial charge in [0.15, 0.2) is 0 Å². The van der Waals surface area contributed by atoms with E-state index in [-0.39, 0.29) is 5.91 Å². The molecule has 0 aromatic heterocycles. The van der Waals surface area contributed by atoms with Gasteiger partial charge in [-0.15, -0.1) is 0 Å². The Labute approximate surface area is 134 Å². The maximum absolute atomic E-state index is 12.1. The SMILES string of the molecule is Cc1ccccc1OCc1ccccc1C1OC(=O)N(C)C1=O. The van der Waals surface area contributed by atoms with Gasteiger partial charge >= 0.3 is 6.09 Å². The van der Waals surface area contributed by atoms with Crippen molar-refractivity contribution in [3.05, 3.63) is 65.2 Å². The zero-order valence-electron chi connectivity index (χ0n) is 13.0. The van der Waals surface area contributed by atoms with Crippen molar-refractivity contribution in [3.63, 3.8) is 0 Å². The normalized spacial score (nSPS) is 17.3. The molecular formula is C18H17NO4. The van der Waals surface area contributed by atoms with E-state index in [1.54, 1.807) is 6.07 Å². The molecule has 2 aromatic carbocycles. The van der Waals surface area contributed by atoms with Gasteiger partial charge in [0.25, 0.3) is 5.91 Å². The van der Waals surface area contributed by atoms with Gasteiger partial charge in [-0.1, -0.05) is 42.5 Å². The molecule has 1 aliphatic rings. The Morgan fingerprint density at radius 2 is 1.78 bits per heavy atom. The number of benzene rings is 2. The van der Waals surface area contributed by atoms with E-state index in [4.69, 9.17) is 9.47 Å². The molecule has 1 heterocycles. The summed E-state index contributed by atoms with van der Waals surface area (Å²) in [5.74, 6) is 0.424. The summed E-state index contributed by atoms with van der Waals surface area (Å²) in [5, 5.41) is 0. The summed E-state index contributed by atoms with van der Waals surface area (Å²) in [6, 6.07) is 15.1. The lowest BCUT2D eigenvalue weighted by Crippen LogP contribution is -2.24. The van der Waals surface area contributed by atoms with Crippen LogP contribution < -0.4 is 4.74 Å². The molecule has 1 saturated heterocycles. The van der Waals surface area contributed by atoms with Crippen LogP contribution in [-0.4, -0.2) is 23.9 Å². The molecule has 1 aliphatic heterocycles. The van der Waals surface area contributed by atoms with E-state index in [1.165, 1.54) is 7.05 Å². The Morgan fingerprint density at radius 3 is 2.48 bits per heavy atom. The second-order valence-corrected chi connectivity index (χ2v) is 5.41. The number of hydrogen-bond acceptors (Lipinski definition) is 4. The van der Waals surface area contributed by atoms with E-state index >= 15 is 0 Å². The quantitative estimate of drug-likeness (QED) is 0.870. The van der Waals surface area contributed by atoms with Crippen LogP contribution >= 0.6 is 0 Å². The summed E-state index contributed by atoms with van der Waals surface area (Å²) < 4.78 is 11.0. The van der Waals surface area contributed by atoms with Crippen LogP contribution in [-0.2, 0) is 16.1 Å². The fourth-order valence-electron chi connectivity index (χ4n) is 2.49. The number of nitrogens with zero attached hydrogens (tertiary/aromatic N) is 1. The van der Waals surface area contributed by atoms with Gasteiger partial charge in [-0.3, -0.25) is 4.79 Å². The lowest BCUT2D eigenvalue weighted by Gasteiger charge is -2.14. The minimum absolute atomic E-state index is 0.298. The van der Waals surface area contributed by atoms with Gasteiger partial charge in [0.1, 0.15) is 12.4 Å². The second-order valence-electron chi connectivity index (χ2n) is 5.41. The molecule has 5 nitrogen and oxygen atoms in total. The number of ether oxygens (including phenoxy) is 2. The van der Waals surface area contributed by atoms with Crippen molar-refractivity contribution in [1.29, 1.82) is 0 Å². The first-order valence-electron chi connectivity index (χ1n) is 7.32. The highest BCUT2D eigenvalue weighted by Crippen LogP contribution is 2.30. The monoisotopic (exact) mass is 311 g/mol. The highest BCUT2D eigenvalue weighted by Gasteiger charge is 2.40. The van der Waals surface area contributed by atoms with Crippen LogP contribution in [0.15, 0.2) is 48.5 Å². The summed E-state index contributed by atoms with van der Waals surface area (Å²) in [6.07, 6.45) is -1.53. The predicted molar refractivity (Wildman–Crippen MR) is 83.9 cm³/mol. The van der Waals surface area contributed by atoms with Crippen LogP contribution in [0.4, 0.5) is 4.79 Å². The molecule has 0 N–H and O–H groups in total. The number of likely N-dealkylation sites (N-methyl/N-ethyl adjacent to an activating group) is 1. The van der Waals surface area contributed by atoms with Crippen LogP contribution in [0.25, 0.3) is 0 Å². The summed E-state index contributed by atoms with van der Waals surface area (Å²) in [7, 11) is 1.41. The number of imide groups is 1. The van der Waals surface area contributed by atoms with Crippen LogP contribution in [0.5, 0.6) is 5.75 Å². The second kappa shape index (κ2) is 6.12. The van der Waals surface area contributed by atoms with Gasteiger partial charge in [-0.05, 0) is 24.1 Å². The number of rotatable bonds is 4. The fourth-order valence-corrected chi connectivity index (χ4v) is 2.49. The molecule has 1 unspecified atom stereocenters. The molecule has 0 spiro atoms. The molecule has 118 valence electrons. The number of aryl methyl sites for hydroxylation is 1. The molecule has 1 fully saturated rings. The highest BCUT2D eigenvalue weighted by molar-refractivity contribution is 6.00. The minimum Gasteiger partial charge on any atom is -0.489 e. The molecule has 0 radical (unpaired) electrons. The molecule has 0 saturated carbocycles. The molecule has 1 atom stereocenters. The Bertz CT molecular complexity index is 756. The van der Waals surface area contributed by atoms with E-state index in [2.05, 4.69) is 0 Å². The van der Waals surface area contributed by atoms with E-state index in [0.717, 1.165) is 21.8 Å². The number of cyclic esters (lactones) is 1. The molecule has 5 heteroatoms. The number of carbonyl (C=O) groups excluding carboxylic acids is 2.